The van der Waals surface area contributed by atoms with E-state index in [-0.39, 0.29) is 11.3 Å². The number of carboxylic acids is 1. The summed E-state index contributed by atoms with van der Waals surface area (Å²) < 4.78 is 0. The van der Waals surface area contributed by atoms with Crippen molar-refractivity contribution in [1.82, 2.24) is 4.90 Å². The van der Waals surface area contributed by atoms with Gasteiger partial charge in [0.15, 0.2) is 0 Å². The Labute approximate surface area is 124 Å². The van der Waals surface area contributed by atoms with Crippen LogP contribution < -0.4 is 0 Å². The van der Waals surface area contributed by atoms with Gasteiger partial charge in [-0.2, -0.15) is 0 Å². The summed E-state index contributed by atoms with van der Waals surface area (Å²) in [5.74, 6) is -0.756. The number of rotatable bonds is 8. The van der Waals surface area contributed by atoms with Gasteiger partial charge in [-0.25, -0.2) is 4.79 Å². The number of nitrogens with zero attached hydrogens (tertiary/aromatic N) is 2. The fraction of sp³-hybridized carbons (Fsp3) is 0.533. The summed E-state index contributed by atoms with van der Waals surface area (Å²) in [6.45, 7) is 8.26. The topological polar surface area (TPSA) is 83.7 Å². The molecule has 1 atom stereocenters. The van der Waals surface area contributed by atoms with Crippen LogP contribution in [0.25, 0.3) is 0 Å². The lowest BCUT2D eigenvalue weighted by Crippen LogP contribution is -2.28. The van der Waals surface area contributed by atoms with Gasteiger partial charge in [-0.15, -0.1) is 0 Å². The molecule has 1 aromatic carbocycles. The molecule has 0 heterocycles. The highest BCUT2D eigenvalue weighted by atomic mass is 16.6. The first-order valence-corrected chi connectivity index (χ1v) is 7.12. The van der Waals surface area contributed by atoms with Gasteiger partial charge in [0.25, 0.3) is 5.69 Å². The molecule has 0 bridgehead atoms. The normalized spacial score (nSPS) is 12.4. The molecule has 0 aliphatic carbocycles. The Balaban J connectivity index is 3.09. The molecule has 0 saturated heterocycles. The quantitative estimate of drug-likeness (QED) is 0.588. The third-order valence-electron chi connectivity index (χ3n) is 3.65. The molecule has 0 aliphatic heterocycles. The maximum Gasteiger partial charge on any atom is 0.343 e. The highest BCUT2D eigenvalue weighted by Gasteiger charge is 2.24. The van der Waals surface area contributed by atoms with Gasteiger partial charge < -0.3 is 5.11 Å². The second-order valence-corrected chi connectivity index (χ2v) is 5.21. The van der Waals surface area contributed by atoms with Crippen molar-refractivity contribution in [2.24, 2.45) is 5.92 Å². The predicted octanol–water partition coefficient (Wildman–Crippen LogP) is 3.16. The van der Waals surface area contributed by atoms with Gasteiger partial charge in [0.1, 0.15) is 5.56 Å². The number of carbonyl (C=O) groups is 1. The minimum Gasteiger partial charge on any atom is -0.477 e. The Morgan fingerprint density at radius 1 is 1.43 bits per heavy atom. The minimum absolute atomic E-state index is 0.204. The summed E-state index contributed by atoms with van der Waals surface area (Å²) >= 11 is 0. The Morgan fingerprint density at radius 3 is 2.57 bits per heavy atom. The van der Waals surface area contributed by atoms with E-state index in [2.05, 4.69) is 18.7 Å². The zero-order valence-electron chi connectivity index (χ0n) is 12.7. The van der Waals surface area contributed by atoms with Gasteiger partial charge in [-0.05, 0) is 18.0 Å². The number of hydrogen-bond acceptors (Lipinski definition) is 4. The fourth-order valence-electron chi connectivity index (χ4n) is 2.23. The molecule has 21 heavy (non-hydrogen) atoms. The smallest absolute Gasteiger partial charge is 0.343 e. The molecular formula is C15H22N2O4. The van der Waals surface area contributed by atoms with E-state index >= 15 is 0 Å². The van der Waals surface area contributed by atoms with Gasteiger partial charge in [0.2, 0.25) is 0 Å². The van der Waals surface area contributed by atoms with Crippen LogP contribution in [0, 0.1) is 16.0 Å². The van der Waals surface area contributed by atoms with E-state index in [1.807, 2.05) is 6.92 Å². The largest absolute Gasteiger partial charge is 0.477 e. The van der Waals surface area contributed by atoms with Gasteiger partial charge in [0, 0.05) is 19.2 Å². The Morgan fingerprint density at radius 2 is 2.10 bits per heavy atom. The van der Waals surface area contributed by atoms with Gasteiger partial charge in [-0.3, -0.25) is 15.0 Å². The maximum absolute atomic E-state index is 11.4. The van der Waals surface area contributed by atoms with Gasteiger partial charge in [-0.1, -0.05) is 39.3 Å². The van der Waals surface area contributed by atoms with Crippen molar-refractivity contribution in [3.8, 4) is 0 Å². The molecule has 0 amide bonds. The first kappa shape index (κ1) is 17.1. The molecule has 1 unspecified atom stereocenters. The van der Waals surface area contributed by atoms with E-state index in [0.717, 1.165) is 19.5 Å². The van der Waals surface area contributed by atoms with Crippen molar-refractivity contribution in [2.75, 3.05) is 13.1 Å². The summed E-state index contributed by atoms with van der Waals surface area (Å²) in [5.41, 5.74) is -0.0634. The van der Waals surface area contributed by atoms with Crippen LogP contribution in [0.15, 0.2) is 18.2 Å². The standard InChI is InChI=1S/C15H22N2O4/c1-4-11(3)9-16(5-2)10-12-7-6-8-13(17(20)21)14(12)15(18)19/h6-8,11H,4-5,9-10H2,1-3H3,(H,18,19). The number of nitro benzene ring substituents is 1. The molecule has 0 radical (unpaired) electrons. The van der Waals surface area contributed by atoms with Crippen LogP contribution in [-0.2, 0) is 6.54 Å². The van der Waals surface area contributed by atoms with Crippen molar-refractivity contribution in [1.29, 1.82) is 0 Å². The second-order valence-electron chi connectivity index (χ2n) is 5.21. The zero-order valence-corrected chi connectivity index (χ0v) is 12.7. The van der Waals surface area contributed by atoms with E-state index in [1.54, 1.807) is 6.07 Å². The van der Waals surface area contributed by atoms with Crippen LogP contribution in [0.5, 0.6) is 0 Å². The third kappa shape index (κ3) is 4.53. The summed E-state index contributed by atoms with van der Waals surface area (Å²) in [6, 6.07) is 4.42. The molecule has 1 rings (SSSR count). The van der Waals surface area contributed by atoms with Crippen LogP contribution in [0.1, 0.15) is 43.1 Å². The molecule has 0 aliphatic rings. The lowest BCUT2D eigenvalue weighted by Gasteiger charge is -2.24. The number of hydrogen-bond donors (Lipinski definition) is 1. The molecular weight excluding hydrogens is 272 g/mol. The van der Waals surface area contributed by atoms with Crippen molar-refractivity contribution in [3.63, 3.8) is 0 Å². The van der Waals surface area contributed by atoms with Gasteiger partial charge in [0.05, 0.1) is 4.92 Å². The second kappa shape index (κ2) is 7.73. The SMILES string of the molecule is CCC(C)CN(CC)Cc1cccc([N+](=O)[O-])c1C(=O)O. The zero-order chi connectivity index (χ0) is 16.0. The van der Waals surface area contributed by atoms with E-state index in [1.165, 1.54) is 12.1 Å². The molecule has 116 valence electrons. The number of carboxylic acid groups (broad SMARTS) is 1. The summed E-state index contributed by atoms with van der Waals surface area (Å²) in [5, 5.41) is 20.3. The maximum atomic E-state index is 11.4. The average molecular weight is 294 g/mol. The monoisotopic (exact) mass is 294 g/mol. The highest BCUT2D eigenvalue weighted by molar-refractivity contribution is 5.94. The molecule has 1 N–H and O–H groups in total. The number of nitro groups is 1. The lowest BCUT2D eigenvalue weighted by molar-refractivity contribution is -0.385. The molecule has 6 nitrogen and oxygen atoms in total. The summed E-state index contributed by atoms with van der Waals surface area (Å²) in [4.78, 5) is 23.8. The molecule has 0 saturated carbocycles. The predicted molar refractivity (Wildman–Crippen MR) is 80.5 cm³/mol. The third-order valence-corrected chi connectivity index (χ3v) is 3.65. The Hall–Kier alpha value is -1.95. The fourth-order valence-corrected chi connectivity index (χ4v) is 2.23. The number of benzene rings is 1. The summed E-state index contributed by atoms with van der Waals surface area (Å²) in [6.07, 6.45) is 1.04. The van der Waals surface area contributed by atoms with Crippen molar-refractivity contribution in [3.05, 3.63) is 39.4 Å². The highest BCUT2D eigenvalue weighted by Crippen LogP contribution is 2.24. The summed E-state index contributed by atoms with van der Waals surface area (Å²) in [7, 11) is 0. The van der Waals surface area contributed by atoms with Crippen LogP contribution >= 0.6 is 0 Å². The van der Waals surface area contributed by atoms with Gasteiger partial charge >= 0.3 is 5.97 Å². The Bertz CT molecular complexity index is 516. The van der Waals surface area contributed by atoms with Crippen LogP contribution in [0.3, 0.4) is 0 Å². The van der Waals surface area contributed by atoms with E-state index in [4.69, 9.17) is 0 Å². The first-order chi connectivity index (χ1) is 9.90. The van der Waals surface area contributed by atoms with E-state index in [0.29, 0.717) is 18.0 Å². The molecule has 0 spiro atoms. The van der Waals surface area contributed by atoms with E-state index in [9.17, 15) is 20.0 Å². The first-order valence-electron chi connectivity index (χ1n) is 7.12. The van der Waals surface area contributed by atoms with Crippen molar-refractivity contribution in [2.45, 2.75) is 33.7 Å². The van der Waals surface area contributed by atoms with Crippen LogP contribution in [0.4, 0.5) is 5.69 Å². The molecule has 1 aromatic rings. The molecule has 6 heteroatoms. The van der Waals surface area contributed by atoms with E-state index < -0.39 is 10.9 Å². The average Bonchev–Trinajstić information content (AvgIpc) is 2.45. The molecule has 0 fully saturated rings. The van der Waals surface area contributed by atoms with Crippen LogP contribution in [-0.4, -0.2) is 34.0 Å². The lowest BCUT2D eigenvalue weighted by atomic mass is 10.0. The van der Waals surface area contributed by atoms with Crippen molar-refractivity contribution < 1.29 is 14.8 Å². The molecule has 0 aromatic heterocycles. The van der Waals surface area contributed by atoms with Crippen molar-refractivity contribution >= 4 is 11.7 Å². The number of aromatic carboxylic acids is 1. The van der Waals surface area contributed by atoms with Crippen LogP contribution in [0.2, 0.25) is 0 Å². The Kier molecular flexibility index (Phi) is 6.30. The minimum atomic E-state index is -1.25.